The summed E-state index contributed by atoms with van der Waals surface area (Å²) in [6.45, 7) is 11.8. The van der Waals surface area contributed by atoms with Gasteiger partial charge in [-0.15, -0.1) is 6.42 Å². The van der Waals surface area contributed by atoms with Crippen LogP contribution >= 0.6 is 0 Å². The Kier molecular flexibility index (Phi) is 4.76. The highest BCUT2D eigenvalue weighted by molar-refractivity contribution is 6.08. The van der Waals surface area contributed by atoms with Gasteiger partial charge in [-0.25, -0.2) is 14.6 Å². The smallest absolute Gasteiger partial charge is 0.422 e. The molecule has 23 heavy (non-hydrogen) atoms. The molecule has 1 heterocycles. The van der Waals surface area contributed by atoms with Crippen molar-refractivity contribution in [2.75, 3.05) is 4.90 Å². The van der Waals surface area contributed by atoms with E-state index in [4.69, 9.17) is 6.42 Å². The maximum atomic E-state index is 11.3. The van der Waals surface area contributed by atoms with E-state index in [9.17, 15) is 19.8 Å². The molecule has 0 fully saturated rings. The molecule has 1 rings (SSSR count). The van der Waals surface area contributed by atoms with Crippen LogP contribution in [0.15, 0.2) is 6.20 Å². The van der Waals surface area contributed by atoms with E-state index in [0.717, 1.165) is 11.1 Å². The minimum atomic E-state index is -1.65. The van der Waals surface area contributed by atoms with E-state index in [1.807, 2.05) is 41.5 Å². The van der Waals surface area contributed by atoms with E-state index in [-0.39, 0.29) is 21.7 Å². The van der Waals surface area contributed by atoms with Crippen LogP contribution in [-0.2, 0) is 10.8 Å². The molecule has 0 aliphatic carbocycles. The fourth-order valence-electron chi connectivity index (χ4n) is 2.42. The van der Waals surface area contributed by atoms with Crippen molar-refractivity contribution in [2.45, 2.75) is 52.4 Å². The maximum absolute atomic E-state index is 11.3. The highest BCUT2D eigenvalue weighted by atomic mass is 16.4. The zero-order chi connectivity index (χ0) is 18.2. The lowest BCUT2D eigenvalue weighted by Crippen LogP contribution is -2.37. The zero-order valence-corrected chi connectivity index (χ0v) is 14.3. The van der Waals surface area contributed by atoms with Gasteiger partial charge in [-0.3, -0.25) is 0 Å². The molecule has 0 spiro atoms. The third-order valence-electron chi connectivity index (χ3n) is 3.36. The standard InChI is InChI=1S/C17H22N2O4/c1-8-10-12(17(5,6)7)11(16(2,3)4)9-18-13(10)19(14(20)21)15(22)23/h1,9H,2-7H3,(H,20,21)(H,22,23). The van der Waals surface area contributed by atoms with Crippen molar-refractivity contribution in [3.8, 4) is 12.3 Å². The fourth-order valence-corrected chi connectivity index (χ4v) is 2.42. The van der Waals surface area contributed by atoms with E-state index in [0.29, 0.717) is 0 Å². The monoisotopic (exact) mass is 318 g/mol. The Morgan fingerprint density at radius 1 is 1.09 bits per heavy atom. The summed E-state index contributed by atoms with van der Waals surface area (Å²) in [7, 11) is 0. The van der Waals surface area contributed by atoms with Crippen LogP contribution in [0.1, 0.15) is 58.2 Å². The van der Waals surface area contributed by atoms with Gasteiger partial charge in [0.2, 0.25) is 0 Å². The van der Waals surface area contributed by atoms with E-state index < -0.39 is 17.6 Å². The number of amides is 2. The number of hydrogen-bond donors (Lipinski definition) is 2. The molecule has 1 aromatic heterocycles. The normalized spacial score (nSPS) is 11.7. The average Bonchev–Trinajstić information content (AvgIpc) is 2.34. The number of pyridine rings is 1. The topological polar surface area (TPSA) is 90.7 Å². The van der Waals surface area contributed by atoms with Crippen molar-refractivity contribution in [3.63, 3.8) is 0 Å². The molecule has 0 bridgehead atoms. The zero-order valence-electron chi connectivity index (χ0n) is 14.3. The van der Waals surface area contributed by atoms with Crippen LogP contribution in [0.4, 0.5) is 15.4 Å². The van der Waals surface area contributed by atoms with Gasteiger partial charge in [0.1, 0.15) is 0 Å². The number of anilines is 1. The quantitative estimate of drug-likeness (QED) is 0.768. The largest absolute Gasteiger partial charge is 0.464 e. The Labute approximate surface area is 136 Å². The minimum Gasteiger partial charge on any atom is -0.464 e. The molecule has 0 unspecified atom stereocenters. The van der Waals surface area contributed by atoms with Crippen LogP contribution in [0.2, 0.25) is 0 Å². The van der Waals surface area contributed by atoms with Crippen LogP contribution in [0.3, 0.4) is 0 Å². The molecule has 0 aliphatic rings. The number of rotatable bonds is 1. The van der Waals surface area contributed by atoms with Crippen molar-refractivity contribution in [1.82, 2.24) is 4.98 Å². The number of carboxylic acid groups (broad SMARTS) is 2. The first-order valence-electron chi connectivity index (χ1n) is 7.09. The number of nitrogens with zero attached hydrogens (tertiary/aromatic N) is 2. The fraction of sp³-hybridized carbons (Fsp3) is 0.471. The Balaban J connectivity index is 3.91. The number of aromatic nitrogens is 1. The molecule has 2 N–H and O–H groups in total. The SMILES string of the molecule is C#Cc1c(N(C(=O)O)C(=O)O)ncc(C(C)(C)C)c1C(C)(C)C. The van der Waals surface area contributed by atoms with Gasteiger partial charge in [0.05, 0.1) is 5.56 Å². The van der Waals surface area contributed by atoms with Crippen LogP contribution in [0.5, 0.6) is 0 Å². The number of imide groups is 1. The summed E-state index contributed by atoms with van der Waals surface area (Å²) in [6, 6.07) is 0. The van der Waals surface area contributed by atoms with Crippen molar-refractivity contribution >= 4 is 18.0 Å². The lowest BCUT2D eigenvalue weighted by Gasteiger charge is -2.32. The second-order valence-corrected chi connectivity index (χ2v) is 7.29. The molecule has 0 saturated heterocycles. The molecule has 2 amide bonds. The van der Waals surface area contributed by atoms with Gasteiger partial charge in [-0.05, 0) is 22.0 Å². The first-order chi connectivity index (χ1) is 10.3. The Bertz CT molecular complexity index is 674. The molecule has 6 heteroatoms. The Morgan fingerprint density at radius 2 is 1.57 bits per heavy atom. The van der Waals surface area contributed by atoms with Crippen molar-refractivity contribution in [1.29, 1.82) is 0 Å². The first kappa shape index (κ1) is 18.5. The first-order valence-corrected chi connectivity index (χ1v) is 7.09. The van der Waals surface area contributed by atoms with Gasteiger partial charge in [0, 0.05) is 6.20 Å². The number of terminal acetylenes is 1. The van der Waals surface area contributed by atoms with Gasteiger partial charge in [-0.1, -0.05) is 47.5 Å². The molecule has 1 aromatic rings. The van der Waals surface area contributed by atoms with Gasteiger partial charge in [0.25, 0.3) is 0 Å². The summed E-state index contributed by atoms with van der Waals surface area (Å²) in [4.78, 5) is 26.8. The molecule has 6 nitrogen and oxygen atoms in total. The third-order valence-corrected chi connectivity index (χ3v) is 3.36. The summed E-state index contributed by atoms with van der Waals surface area (Å²) in [5, 5.41) is 18.4. The molecular formula is C17H22N2O4. The van der Waals surface area contributed by atoms with Gasteiger partial charge in [-0.2, -0.15) is 4.90 Å². The van der Waals surface area contributed by atoms with Gasteiger partial charge in [0.15, 0.2) is 5.82 Å². The second-order valence-electron chi connectivity index (χ2n) is 7.29. The second kappa shape index (κ2) is 5.92. The molecule has 0 saturated carbocycles. The Hall–Kier alpha value is -2.55. The summed E-state index contributed by atoms with van der Waals surface area (Å²) in [5.74, 6) is 2.18. The van der Waals surface area contributed by atoms with Crippen molar-refractivity contribution in [3.05, 3.63) is 22.9 Å². The number of carbonyl (C=O) groups is 2. The van der Waals surface area contributed by atoms with Crippen LogP contribution < -0.4 is 4.90 Å². The van der Waals surface area contributed by atoms with E-state index >= 15 is 0 Å². The summed E-state index contributed by atoms with van der Waals surface area (Å²) in [5.41, 5.74) is 1.08. The van der Waals surface area contributed by atoms with Crippen molar-refractivity contribution in [2.24, 2.45) is 0 Å². The van der Waals surface area contributed by atoms with Crippen LogP contribution in [0, 0.1) is 12.3 Å². The Morgan fingerprint density at radius 3 is 1.87 bits per heavy atom. The average molecular weight is 318 g/mol. The summed E-state index contributed by atoms with van der Waals surface area (Å²) >= 11 is 0. The van der Waals surface area contributed by atoms with Crippen molar-refractivity contribution < 1.29 is 19.8 Å². The lowest BCUT2D eigenvalue weighted by molar-refractivity contribution is 0.184. The summed E-state index contributed by atoms with van der Waals surface area (Å²) < 4.78 is 0. The van der Waals surface area contributed by atoms with Gasteiger partial charge >= 0.3 is 12.2 Å². The molecular weight excluding hydrogens is 296 g/mol. The maximum Gasteiger partial charge on any atom is 0.422 e. The molecule has 0 aliphatic heterocycles. The van der Waals surface area contributed by atoms with E-state index in [1.54, 1.807) is 0 Å². The molecule has 0 aromatic carbocycles. The highest BCUT2D eigenvalue weighted by Crippen LogP contribution is 2.38. The minimum absolute atomic E-state index is 0.150. The predicted octanol–water partition coefficient (Wildman–Crippen LogP) is 3.82. The number of hydrogen-bond acceptors (Lipinski definition) is 3. The lowest BCUT2D eigenvalue weighted by atomic mass is 9.74. The summed E-state index contributed by atoms with van der Waals surface area (Å²) in [6.07, 6.45) is 3.81. The van der Waals surface area contributed by atoms with Crippen LogP contribution in [0.25, 0.3) is 0 Å². The molecule has 0 atom stereocenters. The highest BCUT2D eigenvalue weighted by Gasteiger charge is 2.34. The van der Waals surface area contributed by atoms with Crippen LogP contribution in [-0.4, -0.2) is 27.4 Å². The van der Waals surface area contributed by atoms with E-state index in [2.05, 4.69) is 10.9 Å². The van der Waals surface area contributed by atoms with E-state index in [1.165, 1.54) is 6.20 Å². The third kappa shape index (κ3) is 3.62. The predicted molar refractivity (Wildman–Crippen MR) is 88.1 cm³/mol. The van der Waals surface area contributed by atoms with Gasteiger partial charge < -0.3 is 10.2 Å². The molecule has 0 radical (unpaired) electrons. The molecule has 124 valence electrons.